The Balaban J connectivity index is 1.50. The largest absolute Gasteiger partial charge is 0.416 e. The molecule has 2 amide bonds. The van der Waals surface area contributed by atoms with E-state index >= 15 is 0 Å². The molecule has 0 saturated carbocycles. The van der Waals surface area contributed by atoms with Crippen molar-refractivity contribution >= 4 is 17.5 Å². The lowest BCUT2D eigenvalue weighted by molar-refractivity contribution is -0.137. The molecule has 0 radical (unpaired) electrons. The third-order valence-corrected chi connectivity index (χ3v) is 4.84. The predicted octanol–water partition coefficient (Wildman–Crippen LogP) is 3.73. The van der Waals surface area contributed by atoms with Crippen LogP contribution in [-0.4, -0.2) is 24.9 Å². The molecule has 1 atom stereocenters. The summed E-state index contributed by atoms with van der Waals surface area (Å²) in [6.45, 7) is 2.59. The van der Waals surface area contributed by atoms with Gasteiger partial charge >= 0.3 is 6.18 Å². The minimum atomic E-state index is -4.36. The van der Waals surface area contributed by atoms with Crippen molar-refractivity contribution in [2.75, 3.05) is 18.0 Å². The normalized spacial score (nSPS) is 17.1. The number of nitrogens with zero attached hydrogens (tertiary/aromatic N) is 1. The average molecular weight is 390 g/mol. The number of carbonyl (C=O) groups is 2. The van der Waals surface area contributed by atoms with Crippen molar-refractivity contribution in [2.45, 2.75) is 25.9 Å². The van der Waals surface area contributed by atoms with Gasteiger partial charge in [0.2, 0.25) is 11.8 Å². The highest BCUT2D eigenvalue weighted by Gasteiger charge is 2.35. The first kappa shape index (κ1) is 19.9. The molecule has 0 aromatic heterocycles. The van der Waals surface area contributed by atoms with E-state index in [0.29, 0.717) is 25.1 Å². The van der Waals surface area contributed by atoms with E-state index < -0.39 is 17.7 Å². The Morgan fingerprint density at radius 2 is 1.75 bits per heavy atom. The number of anilines is 1. The van der Waals surface area contributed by atoms with Crippen LogP contribution in [0.2, 0.25) is 0 Å². The fraction of sp³-hybridized carbons (Fsp3) is 0.333. The first-order chi connectivity index (χ1) is 13.2. The molecule has 148 valence electrons. The summed E-state index contributed by atoms with van der Waals surface area (Å²) in [5.41, 5.74) is 1.88. The number of amides is 2. The second kappa shape index (κ2) is 8.04. The molecule has 0 spiro atoms. The lowest BCUT2D eigenvalue weighted by Crippen LogP contribution is -2.34. The number of nitrogens with one attached hydrogen (secondary N) is 1. The molecule has 1 unspecified atom stereocenters. The van der Waals surface area contributed by atoms with Gasteiger partial charge in [-0.25, -0.2) is 0 Å². The van der Waals surface area contributed by atoms with Crippen LogP contribution in [0.5, 0.6) is 0 Å². The average Bonchev–Trinajstić information content (AvgIpc) is 3.04. The molecule has 7 heteroatoms. The van der Waals surface area contributed by atoms with Gasteiger partial charge in [-0.2, -0.15) is 13.2 Å². The first-order valence-corrected chi connectivity index (χ1v) is 9.05. The number of hydrogen-bond acceptors (Lipinski definition) is 2. The van der Waals surface area contributed by atoms with E-state index in [0.717, 1.165) is 23.4 Å². The summed E-state index contributed by atoms with van der Waals surface area (Å²) >= 11 is 0. The highest BCUT2D eigenvalue weighted by Crippen LogP contribution is 2.29. The van der Waals surface area contributed by atoms with Crippen LogP contribution >= 0.6 is 0 Å². The summed E-state index contributed by atoms with van der Waals surface area (Å²) in [4.78, 5) is 26.2. The maximum atomic E-state index is 12.6. The Morgan fingerprint density at radius 3 is 2.36 bits per heavy atom. The van der Waals surface area contributed by atoms with Crippen molar-refractivity contribution in [3.63, 3.8) is 0 Å². The number of aryl methyl sites for hydroxylation is 1. The molecule has 1 N–H and O–H groups in total. The number of alkyl halides is 3. The Bertz CT molecular complexity index is 845. The highest BCUT2D eigenvalue weighted by atomic mass is 19.4. The van der Waals surface area contributed by atoms with E-state index in [1.807, 2.05) is 31.2 Å². The van der Waals surface area contributed by atoms with Crippen molar-refractivity contribution in [1.29, 1.82) is 0 Å². The van der Waals surface area contributed by atoms with Crippen LogP contribution in [0.3, 0.4) is 0 Å². The van der Waals surface area contributed by atoms with E-state index in [9.17, 15) is 22.8 Å². The third-order valence-electron chi connectivity index (χ3n) is 4.84. The van der Waals surface area contributed by atoms with Gasteiger partial charge in [-0.3, -0.25) is 9.59 Å². The second-order valence-electron chi connectivity index (χ2n) is 6.98. The molecule has 0 bridgehead atoms. The maximum Gasteiger partial charge on any atom is 0.416 e. The Hall–Kier alpha value is -2.83. The molecular weight excluding hydrogens is 369 g/mol. The summed E-state index contributed by atoms with van der Waals surface area (Å²) in [5.74, 6) is -0.733. The van der Waals surface area contributed by atoms with E-state index in [1.165, 1.54) is 12.1 Å². The van der Waals surface area contributed by atoms with Crippen molar-refractivity contribution < 1.29 is 22.8 Å². The van der Waals surface area contributed by atoms with Crippen LogP contribution in [0, 0.1) is 12.8 Å². The molecule has 1 aliphatic heterocycles. The zero-order valence-corrected chi connectivity index (χ0v) is 15.4. The lowest BCUT2D eigenvalue weighted by atomic mass is 10.1. The Kier molecular flexibility index (Phi) is 5.72. The van der Waals surface area contributed by atoms with Gasteiger partial charge in [-0.1, -0.05) is 29.8 Å². The Morgan fingerprint density at radius 1 is 1.11 bits per heavy atom. The van der Waals surface area contributed by atoms with Crippen molar-refractivity contribution in [3.05, 3.63) is 65.2 Å². The summed E-state index contributed by atoms with van der Waals surface area (Å²) in [5, 5.41) is 2.78. The van der Waals surface area contributed by atoms with Crippen LogP contribution in [0.1, 0.15) is 23.1 Å². The van der Waals surface area contributed by atoms with Gasteiger partial charge in [0.15, 0.2) is 0 Å². The van der Waals surface area contributed by atoms with Crippen LogP contribution in [0.25, 0.3) is 0 Å². The number of carbonyl (C=O) groups excluding carboxylic acids is 2. The quantitative estimate of drug-likeness (QED) is 0.846. The third kappa shape index (κ3) is 4.71. The molecule has 1 saturated heterocycles. The van der Waals surface area contributed by atoms with Crippen LogP contribution in [0.4, 0.5) is 18.9 Å². The molecule has 1 fully saturated rings. The number of benzene rings is 2. The minimum Gasteiger partial charge on any atom is -0.355 e. The topological polar surface area (TPSA) is 49.4 Å². The fourth-order valence-electron chi connectivity index (χ4n) is 3.19. The van der Waals surface area contributed by atoms with E-state index in [-0.39, 0.29) is 18.2 Å². The lowest BCUT2D eigenvalue weighted by Gasteiger charge is -2.17. The summed E-state index contributed by atoms with van der Waals surface area (Å²) in [6, 6.07) is 12.4. The molecule has 4 nitrogen and oxygen atoms in total. The standard InChI is InChI=1S/C21H21F3N2O2/c1-14-2-8-18(9-3-14)26-13-16(12-19(26)27)20(28)25-11-10-15-4-6-17(7-5-15)21(22,23)24/h2-9,16H,10-13H2,1H3,(H,25,28). The molecular formula is C21H21F3N2O2. The van der Waals surface area contributed by atoms with E-state index in [1.54, 1.807) is 4.90 Å². The van der Waals surface area contributed by atoms with Gasteiger partial charge in [0, 0.05) is 25.2 Å². The first-order valence-electron chi connectivity index (χ1n) is 9.05. The molecule has 2 aromatic carbocycles. The van der Waals surface area contributed by atoms with E-state index in [2.05, 4.69) is 5.32 Å². The van der Waals surface area contributed by atoms with Gasteiger partial charge < -0.3 is 10.2 Å². The zero-order valence-electron chi connectivity index (χ0n) is 15.4. The van der Waals surface area contributed by atoms with Gasteiger partial charge in [0.1, 0.15) is 0 Å². The number of rotatable bonds is 5. The smallest absolute Gasteiger partial charge is 0.355 e. The van der Waals surface area contributed by atoms with Crippen LogP contribution in [-0.2, 0) is 22.2 Å². The number of hydrogen-bond donors (Lipinski definition) is 1. The molecule has 1 heterocycles. The summed E-state index contributed by atoms with van der Waals surface area (Å²) < 4.78 is 37.7. The van der Waals surface area contributed by atoms with Crippen molar-refractivity contribution in [2.24, 2.45) is 5.92 Å². The molecule has 0 aliphatic carbocycles. The number of halogens is 3. The molecule has 3 rings (SSSR count). The fourth-order valence-corrected chi connectivity index (χ4v) is 3.19. The highest BCUT2D eigenvalue weighted by molar-refractivity contribution is 6.00. The van der Waals surface area contributed by atoms with Gasteiger partial charge in [0.25, 0.3) is 0 Å². The summed E-state index contributed by atoms with van der Waals surface area (Å²) in [7, 11) is 0. The monoisotopic (exact) mass is 390 g/mol. The van der Waals surface area contributed by atoms with Crippen molar-refractivity contribution in [1.82, 2.24) is 5.32 Å². The summed E-state index contributed by atoms with van der Waals surface area (Å²) in [6.07, 6.45) is -3.78. The minimum absolute atomic E-state index is 0.0910. The zero-order chi connectivity index (χ0) is 20.3. The van der Waals surface area contributed by atoms with Gasteiger partial charge in [0.05, 0.1) is 11.5 Å². The molecule has 2 aromatic rings. The Labute approximate surface area is 161 Å². The SMILES string of the molecule is Cc1ccc(N2CC(C(=O)NCCc3ccc(C(F)(F)F)cc3)CC2=O)cc1. The van der Waals surface area contributed by atoms with Crippen LogP contribution < -0.4 is 10.2 Å². The molecule has 28 heavy (non-hydrogen) atoms. The van der Waals surface area contributed by atoms with Gasteiger partial charge in [-0.05, 0) is 43.2 Å². The second-order valence-corrected chi connectivity index (χ2v) is 6.98. The van der Waals surface area contributed by atoms with E-state index in [4.69, 9.17) is 0 Å². The van der Waals surface area contributed by atoms with Crippen molar-refractivity contribution in [3.8, 4) is 0 Å². The molecule has 1 aliphatic rings. The predicted molar refractivity (Wildman–Crippen MR) is 99.8 cm³/mol. The maximum absolute atomic E-state index is 12.6. The van der Waals surface area contributed by atoms with Crippen LogP contribution in [0.15, 0.2) is 48.5 Å². The van der Waals surface area contributed by atoms with Gasteiger partial charge in [-0.15, -0.1) is 0 Å².